The summed E-state index contributed by atoms with van der Waals surface area (Å²) in [6, 6.07) is 6.72. The van der Waals surface area contributed by atoms with Gasteiger partial charge >= 0.3 is 5.97 Å². The Morgan fingerprint density at radius 3 is 2.86 bits per heavy atom. The molecular weight excluding hydrogens is 288 g/mol. The van der Waals surface area contributed by atoms with E-state index in [2.05, 4.69) is 10.6 Å². The molecule has 1 aromatic rings. The summed E-state index contributed by atoms with van der Waals surface area (Å²) in [6.45, 7) is 1.72. The number of benzene rings is 1. The van der Waals surface area contributed by atoms with Crippen LogP contribution in [0.5, 0.6) is 5.75 Å². The lowest BCUT2D eigenvalue weighted by Gasteiger charge is -2.25. The van der Waals surface area contributed by atoms with Crippen LogP contribution in [0.2, 0.25) is 0 Å². The van der Waals surface area contributed by atoms with Gasteiger partial charge < -0.3 is 20.5 Å². The Morgan fingerprint density at radius 1 is 1.41 bits per heavy atom. The van der Waals surface area contributed by atoms with Gasteiger partial charge in [-0.1, -0.05) is 12.1 Å². The first-order valence-electron chi connectivity index (χ1n) is 7.03. The maximum atomic E-state index is 11.9. The van der Waals surface area contributed by atoms with Gasteiger partial charge in [0.2, 0.25) is 5.91 Å². The molecule has 0 saturated heterocycles. The molecular formula is C15H18N2O5. The predicted octanol–water partition coefficient (Wildman–Crippen LogP) is 1.15. The van der Waals surface area contributed by atoms with E-state index in [0.717, 1.165) is 0 Å². The lowest BCUT2D eigenvalue weighted by Crippen LogP contribution is -2.42. The molecule has 0 aromatic heterocycles. The predicted molar refractivity (Wildman–Crippen MR) is 78.6 cm³/mol. The van der Waals surface area contributed by atoms with Crippen LogP contribution in [-0.4, -0.2) is 35.0 Å². The lowest BCUT2D eigenvalue weighted by molar-refractivity contribution is -0.137. The van der Waals surface area contributed by atoms with Crippen LogP contribution in [0, 0.1) is 0 Å². The van der Waals surface area contributed by atoms with E-state index in [-0.39, 0.29) is 30.7 Å². The monoisotopic (exact) mass is 306 g/mol. The Bertz CT molecular complexity index is 587. The third-order valence-corrected chi connectivity index (χ3v) is 3.28. The number of amides is 2. The maximum Gasteiger partial charge on any atom is 0.303 e. The Hall–Kier alpha value is -2.57. The smallest absolute Gasteiger partial charge is 0.303 e. The molecule has 22 heavy (non-hydrogen) atoms. The van der Waals surface area contributed by atoms with E-state index in [0.29, 0.717) is 17.9 Å². The van der Waals surface area contributed by atoms with E-state index < -0.39 is 12.1 Å². The fourth-order valence-corrected chi connectivity index (χ4v) is 2.14. The molecule has 1 aliphatic heterocycles. The zero-order chi connectivity index (χ0) is 16.1. The molecule has 0 saturated carbocycles. The van der Waals surface area contributed by atoms with Crippen LogP contribution in [0.3, 0.4) is 0 Å². The number of rotatable bonds is 6. The zero-order valence-corrected chi connectivity index (χ0v) is 12.2. The Morgan fingerprint density at radius 2 is 2.14 bits per heavy atom. The van der Waals surface area contributed by atoms with E-state index >= 15 is 0 Å². The molecule has 7 nitrogen and oxygen atoms in total. The number of carbonyl (C=O) groups excluding carboxylic acids is 2. The van der Waals surface area contributed by atoms with Crippen LogP contribution < -0.4 is 15.4 Å². The normalized spacial score (nSPS) is 17.7. The standard InChI is InChI=1S/C15H18N2O5/c1-9(6-7-14(19)20)16-13(18)8-12-15(21)17-10-4-2-3-5-11(10)22-12/h2-5,9,12H,6-8H2,1H3,(H,16,18)(H,17,21)(H,19,20). The molecule has 1 aliphatic rings. The summed E-state index contributed by atoms with van der Waals surface area (Å²) >= 11 is 0. The number of aliphatic carboxylic acids is 1. The first-order chi connectivity index (χ1) is 10.5. The summed E-state index contributed by atoms with van der Waals surface area (Å²) in [5, 5.41) is 14.0. The van der Waals surface area contributed by atoms with E-state index in [1.54, 1.807) is 31.2 Å². The molecule has 118 valence electrons. The first-order valence-corrected chi connectivity index (χ1v) is 7.03. The number of carboxylic acid groups (broad SMARTS) is 1. The third kappa shape index (κ3) is 4.21. The second kappa shape index (κ2) is 6.93. The molecule has 3 N–H and O–H groups in total. The number of fused-ring (bicyclic) bond motifs is 1. The molecule has 0 bridgehead atoms. The minimum absolute atomic E-state index is 0.0186. The van der Waals surface area contributed by atoms with Gasteiger partial charge in [0.1, 0.15) is 5.75 Å². The van der Waals surface area contributed by atoms with Crippen molar-refractivity contribution in [2.45, 2.75) is 38.3 Å². The van der Waals surface area contributed by atoms with Crippen molar-refractivity contribution < 1.29 is 24.2 Å². The van der Waals surface area contributed by atoms with Gasteiger partial charge in [0, 0.05) is 12.5 Å². The first kappa shape index (κ1) is 15.8. The van der Waals surface area contributed by atoms with E-state index in [1.807, 2.05) is 0 Å². The molecule has 1 heterocycles. The molecule has 1 aromatic carbocycles. The average Bonchev–Trinajstić information content (AvgIpc) is 2.46. The van der Waals surface area contributed by atoms with Crippen LogP contribution >= 0.6 is 0 Å². The number of carboxylic acids is 1. The highest BCUT2D eigenvalue weighted by Gasteiger charge is 2.29. The van der Waals surface area contributed by atoms with Crippen LogP contribution in [0.25, 0.3) is 0 Å². The van der Waals surface area contributed by atoms with Crippen molar-refractivity contribution in [1.82, 2.24) is 5.32 Å². The minimum Gasteiger partial charge on any atom is -0.481 e. The number of nitrogens with one attached hydrogen (secondary N) is 2. The summed E-state index contributed by atoms with van der Waals surface area (Å²) in [6.07, 6.45) is -0.685. The van der Waals surface area contributed by atoms with Gasteiger partial charge in [-0.25, -0.2) is 0 Å². The molecule has 0 spiro atoms. The molecule has 0 aliphatic carbocycles. The van der Waals surface area contributed by atoms with E-state index in [1.165, 1.54) is 0 Å². The van der Waals surface area contributed by atoms with Crippen LogP contribution in [0.15, 0.2) is 24.3 Å². The molecule has 2 atom stereocenters. The van der Waals surface area contributed by atoms with Gasteiger partial charge in [0.25, 0.3) is 5.91 Å². The van der Waals surface area contributed by atoms with Crippen LogP contribution in [0.1, 0.15) is 26.2 Å². The molecule has 0 radical (unpaired) electrons. The van der Waals surface area contributed by atoms with Crippen molar-refractivity contribution >= 4 is 23.5 Å². The fraction of sp³-hybridized carbons (Fsp3) is 0.400. The molecule has 0 fully saturated rings. The summed E-state index contributed by atoms with van der Waals surface area (Å²) in [4.78, 5) is 34.3. The van der Waals surface area contributed by atoms with Gasteiger partial charge in [-0.3, -0.25) is 14.4 Å². The Kier molecular flexibility index (Phi) is 4.98. The second-order valence-corrected chi connectivity index (χ2v) is 5.20. The van der Waals surface area contributed by atoms with Crippen LogP contribution in [0.4, 0.5) is 5.69 Å². The highest BCUT2D eigenvalue weighted by molar-refractivity contribution is 5.99. The topological polar surface area (TPSA) is 105 Å². The molecule has 2 rings (SSSR count). The van der Waals surface area contributed by atoms with Crippen molar-refractivity contribution in [2.24, 2.45) is 0 Å². The Balaban J connectivity index is 1.87. The maximum absolute atomic E-state index is 11.9. The summed E-state index contributed by atoms with van der Waals surface area (Å²) in [5.41, 5.74) is 0.582. The van der Waals surface area contributed by atoms with E-state index in [9.17, 15) is 14.4 Å². The lowest BCUT2D eigenvalue weighted by atomic mass is 10.1. The number of ether oxygens (including phenoxy) is 1. The highest BCUT2D eigenvalue weighted by atomic mass is 16.5. The molecule has 7 heteroatoms. The molecule has 2 amide bonds. The number of hydrogen-bond donors (Lipinski definition) is 3. The Labute approximate surface area is 127 Å². The van der Waals surface area contributed by atoms with Crippen molar-refractivity contribution in [3.05, 3.63) is 24.3 Å². The van der Waals surface area contributed by atoms with Gasteiger partial charge in [-0.2, -0.15) is 0 Å². The zero-order valence-electron chi connectivity index (χ0n) is 12.2. The largest absolute Gasteiger partial charge is 0.481 e. The van der Waals surface area contributed by atoms with Crippen molar-refractivity contribution in [3.8, 4) is 5.75 Å². The quantitative estimate of drug-likeness (QED) is 0.731. The number of hydrogen-bond acceptors (Lipinski definition) is 4. The average molecular weight is 306 g/mol. The van der Waals surface area contributed by atoms with Gasteiger partial charge in [0.05, 0.1) is 12.1 Å². The van der Waals surface area contributed by atoms with Gasteiger partial charge in [-0.05, 0) is 25.5 Å². The van der Waals surface area contributed by atoms with Gasteiger partial charge in [0.15, 0.2) is 6.10 Å². The summed E-state index contributed by atoms with van der Waals surface area (Å²) in [7, 11) is 0. The molecule has 2 unspecified atom stereocenters. The second-order valence-electron chi connectivity index (χ2n) is 5.20. The highest BCUT2D eigenvalue weighted by Crippen LogP contribution is 2.29. The minimum atomic E-state index is -0.910. The SMILES string of the molecule is CC(CCC(=O)O)NC(=O)CC1Oc2ccccc2NC1=O. The fourth-order valence-electron chi connectivity index (χ4n) is 2.14. The van der Waals surface area contributed by atoms with E-state index in [4.69, 9.17) is 9.84 Å². The third-order valence-electron chi connectivity index (χ3n) is 3.28. The number of para-hydroxylation sites is 2. The van der Waals surface area contributed by atoms with Crippen molar-refractivity contribution in [3.63, 3.8) is 0 Å². The van der Waals surface area contributed by atoms with Gasteiger partial charge in [-0.15, -0.1) is 0 Å². The van der Waals surface area contributed by atoms with Crippen LogP contribution in [-0.2, 0) is 14.4 Å². The number of anilines is 1. The summed E-state index contributed by atoms with van der Waals surface area (Å²) < 4.78 is 5.53. The van der Waals surface area contributed by atoms with Crippen molar-refractivity contribution in [1.29, 1.82) is 0 Å². The number of carbonyl (C=O) groups is 3. The summed E-state index contributed by atoms with van der Waals surface area (Å²) in [5.74, 6) is -1.10. The van der Waals surface area contributed by atoms with Crippen molar-refractivity contribution in [2.75, 3.05) is 5.32 Å².